The predicted molar refractivity (Wildman–Crippen MR) is 82.6 cm³/mol. The summed E-state index contributed by atoms with van der Waals surface area (Å²) in [6, 6.07) is 0. The van der Waals surface area contributed by atoms with Gasteiger partial charge in [0.2, 0.25) is 0 Å². The van der Waals surface area contributed by atoms with Crippen LogP contribution in [-0.2, 0) is 4.79 Å². The van der Waals surface area contributed by atoms with Crippen molar-refractivity contribution in [3.05, 3.63) is 0 Å². The molecule has 2 rings (SSSR count). The molecule has 2 atom stereocenters. The van der Waals surface area contributed by atoms with Crippen molar-refractivity contribution in [3.8, 4) is 0 Å². The molecule has 0 aromatic carbocycles. The summed E-state index contributed by atoms with van der Waals surface area (Å²) in [5.74, 6) is 2.16. The van der Waals surface area contributed by atoms with Crippen LogP contribution in [-0.4, -0.2) is 11.1 Å². The maximum absolute atomic E-state index is 12.0. The fourth-order valence-corrected chi connectivity index (χ4v) is 4.78. The Hall–Kier alpha value is -0.530. The quantitative estimate of drug-likeness (QED) is 0.776. The molecule has 116 valence electrons. The van der Waals surface area contributed by atoms with E-state index in [1.54, 1.807) is 0 Å². The molecule has 2 aliphatic rings. The van der Waals surface area contributed by atoms with Crippen LogP contribution in [0.15, 0.2) is 0 Å². The molecule has 0 amide bonds. The van der Waals surface area contributed by atoms with Gasteiger partial charge in [-0.15, -0.1) is 0 Å². The molecule has 0 heterocycles. The van der Waals surface area contributed by atoms with Crippen molar-refractivity contribution in [2.45, 2.75) is 78.6 Å². The van der Waals surface area contributed by atoms with E-state index >= 15 is 0 Å². The largest absolute Gasteiger partial charge is 0.481 e. The number of carbonyl (C=O) groups is 1. The molecule has 0 aliphatic heterocycles. The Labute approximate surface area is 124 Å². The second-order valence-corrected chi connectivity index (χ2v) is 7.68. The molecule has 2 unspecified atom stereocenters. The zero-order chi connectivity index (χ0) is 14.8. The number of hydrogen-bond acceptors (Lipinski definition) is 1. The standard InChI is InChI=1S/C18H32O2/c1-4-14-6-5-7-16(12-14)18(17(19)20)10-8-15(9-11-18)13(2)3/h13-16H,4-12H2,1-3H3,(H,19,20). The highest BCUT2D eigenvalue weighted by molar-refractivity contribution is 5.75. The Bertz CT molecular complexity index is 326. The Morgan fingerprint density at radius 2 is 1.85 bits per heavy atom. The first-order valence-electron chi connectivity index (χ1n) is 8.73. The molecule has 0 aromatic rings. The van der Waals surface area contributed by atoms with Crippen molar-refractivity contribution in [2.75, 3.05) is 0 Å². The van der Waals surface area contributed by atoms with E-state index in [-0.39, 0.29) is 5.41 Å². The van der Waals surface area contributed by atoms with E-state index in [4.69, 9.17) is 0 Å². The predicted octanol–water partition coefficient (Wildman–Crippen LogP) is 5.12. The summed E-state index contributed by atoms with van der Waals surface area (Å²) in [5.41, 5.74) is -0.390. The molecule has 2 fully saturated rings. The summed E-state index contributed by atoms with van der Waals surface area (Å²) in [5, 5.41) is 9.92. The zero-order valence-corrected chi connectivity index (χ0v) is 13.5. The van der Waals surface area contributed by atoms with Crippen LogP contribution in [0.4, 0.5) is 0 Å². The van der Waals surface area contributed by atoms with Crippen LogP contribution in [0.1, 0.15) is 78.6 Å². The minimum atomic E-state index is -0.499. The molecule has 0 bridgehead atoms. The molecule has 20 heavy (non-hydrogen) atoms. The summed E-state index contributed by atoms with van der Waals surface area (Å²) in [7, 11) is 0. The minimum absolute atomic E-state index is 0.390. The summed E-state index contributed by atoms with van der Waals surface area (Å²) in [6.07, 6.45) is 10.2. The van der Waals surface area contributed by atoms with E-state index < -0.39 is 5.97 Å². The molecule has 0 radical (unpaired) electrons. The molecule has 0 spiro atoms. The Morgan fingerprint density at radius 1 is 1.20 bits per heavy atom. The van der Waals surface area contributed by atoms with Gasteiger partial charge in [-0.05, 0) is 62.2 Å². The first-order chi connectivity index (χ1) is 9.49. The number of carboxylic acids is 1. The molecule has 1 N–H and O–H groups in total. The first-order valence-corrected chi connectivity index (χ1v) is 8.73. The maximum Gasteiger partial charge on any atom is 0.309 e. The molecular formula is C18H32O2. The third-order valence-electron chi connectivity index (χ3n) is 6.43. The van der Waals surface area contributed by atoms with Gasteiger partial charge in [0, 0.05) is 0 Å². The molecule has 0 saturated heterocycles. The Balaban J connectivity index is 2.09. The van der Waals surface area contributed by atoms with Crippen LogP contribution in [0.2, 0.25) is 0 Å². The minimum Gasteiger partial charge on any atom is -0.481 e. The average molecular weight is 280 g/mol. The SMILES string of the molecule is CCC1CCCC(C2(C(=O)O)CCC(C(C)C)CC2)C1. The lowest BCUT2D eigenvalue weighted by molar-refractivity contribution is -0.158. The van der Waals surface area contributed by atoms with Crippen molar-refractivity contribution in [1.29, 1.82) is 0 Å². The highest BCUT2D eigenvalue weighted by Crippen LogP contribution is 2.52. The van der Waals surface area contributed by atoms with E-state index in [1.807, 2.05) is 0 Å². The van der Waals surface area contributed by atoms with Crippen molar-refractivity contribution >= 4 is 5.97 Å². The monoisotopic (exact) mass is 280 g/mol. The third-order valence-corrected chi connectivity index (χ3v) is 6.43. The van der Waals surface area contributed by atoms with Gasteiger partial charge in [0.1, 0.15) is 0 Å². The van der Waals surface area contributed by atoms with Crippen molar-refractivity contribution in [2.24, 2.45) is 29.1 Å². The van der Waals surface area contributed by atoms with Gasteiger partial charge in [-0.1, -0.05) is 40.0 Å². The molecule has 2 saturated carbocycles. The van der Waals surface area contributed by atoms with Crippen LogP contribution in [0.5, 0.6) is 0 Å². The molecular weight excluding hydrogens is 248 g/mol. The smallest absolute Gasteiger partial charge is 0.309 e. The normalized spacial score (nSPS) is 38.9. The van der Waals surface area contributed by atoms with Crippen molar-refractivity contribution < 1.29 is 9.90 Å². The molecule has 2 aliphatic carbocycles. The van der Waals surface area contributed by atoms with Crippen LogP contribution in [0.3, 0.4) is 0 Å². The zero-order valence-electron chi connectivity index (χ0n) is 13.5. The van der Waals surface area contributed by atoms with Gasteiger partial charge in [-0.2, -0.15) is 0 Å². The third kappa shape index (κ3) is 3.04. The van der Waals surface area contributed by atoms with Gasteiger partial charge in [-0.3, -0.25) is 4.79 Å². The summed E-state index contributed by atoms with van der Waals surface area (Å²) < 4.78 is 0. The summed E-state index contributed by atoms with van der Waals surface area (Å²) in [6.45, 7) is 6.83. The van der Waals surface area contributed by atoms with E-state index in [1.165, 1.54) is 19.3 Å². The van der Waals surface area contributed by atoms with Crippen molar-refractivity contribution in [1.82, 2.24) is 0 Å². The first kappa shape index (κ1) is 15.9. The molecule has 2 nitrogen and oxygen atoms in total. The van der Waals surface area contributed by atoms with Gasteiger partial charge in [0.15, 0.2) is 0 Å². The van der Waals surface area contributed by atoms with E-state index in [0.29, 0.717) is 11.8 Å². The lowest BCUT2D eigenvalue weighted by Gasteiger charge is -2.46. The topological polar surface area (TPSA) is 37.3 Å². The van der Waals surface area contributed by atoms with Gasteiger partial charge in [-0.25, -0.2) is 0 Å². The van der Waals surface area contributed by atoms with Gasteiger partial charge in [0.05, 0.1) is 5.41 Å². The number of carboxylic acid groups (broad SMARTS) is 1. The van der Waals surface area contributed by atoms with Gasteiger partial charge in [0.25, 0.3) is 0 Å². The summed E-state index contributed by atoms with van der Waals surface area (Å²) >= 11 is 0. The van der Waals surface area contributed by atoms with Gasteiger partial charge < -0.3 is 5.11 Å². The van der Waals surface area contributed by atoms with Crippen LogP contribution in [0.25, 0.3) is 0 Å². The average Bonchev–Trinajstić information content (AvgIpc) is 2.47. The molecule has 0 aromatic heterocycles. The highest BCUT2D eigenvalue weighted by atomic mass is 16.4. The Kier molecular flexibility index (Phi) is 5.14. The fourth-order valence-electron chi connectivity index (χ4n) is 4.78. The van der Waals surface area contributed by atoms with Crippen LogP contribution in [0, 0.1) is 29.1 Å². The van der Waals surface area contributed by atoms with Crippen LogP contribution >= 0.6 is 0 Å². The number of rotatable bonds is 4. The van der Waals surface area contributed by atoms with E-state index in [9.17, 15) is 9.90 Å². The van der Waals surface area contributed by atoms with Gasteiger partial charge >= 0.3 is 5.97 Å². The van der Waals surface area contributed by atoms with Crippen molar-refractivity contribution in [3.63, 3.8) is 0 Å². The summed E-state index contributed by atoms with van der Waals surface area (Å²) in [4.78, 5) is 12.0. The molecule has 2 heteroatoms. The number of hydrogen-bond donors (Lipinski definition) is 1. The van der Waals surface area contributed by atoms with E-state index in [0.717, 1.165) is 50.4 Å². The van der Waals surface area contributed by atoms with E-state index in [2.05, 4.69) is 20.8 Å². The highest BCUT2D eigenvalue weighted by Gasteiger charge is 2.48. The second kappa shape index (κ2) is 6.49. The fraction of sp³-hybridized carbons (Fsp3) is 0.944. The number of aliphatic carboxylic acids is 1. The lowest BCUT2D eigenvalue weighted by atomic mass is 9.58. The second-order valence-electron chi connectivity index (χ2n) is 7.68. The van der Waals surface area contributed by atoms with Crippen LogP contribution < -0.4 is 0 Å². The Morgan fingerprint density at radius 3 is 2.35 bits per heavy atom. The maximum atomic E-state index is 12.0. The lowest BCUT2D eigenvalue weighted by Crippen LogP contribution is -2.44.